The van der Waals surface area contributed by atoms with Gasteiger partial charge in [-0.05, 0) is 25.1 Å². The van der Waals surface area contributed by atoms with Gasteiger partial charge in [0.05, 0.1) is 13.2 Å². The average molecular weight is 437 g/mol. The van der Waals surface area contributed by atoms with E-state index in [0.29, 0.717) is 12.1 Å². The molecule has 1 aromatic carbocycles. The molecule has 0 saturated heterocycles. The van der Waals surface area contributed by atoms with Crippen LogP contribution in [0.4, 0.5) is 0 Å². The van der Waals surface area contributed by atoms with E-state index in [1.54, 1.807) is 31.0 Å². The van der Waals surface area contributed by atoms with Crippen molar-refractivity contribution in [3.05, 3.63) is 23.8 Å². The summed E-state index contributed by atoms with van der Waals surface area (Å²) in [5.74, 6) is 6.19. The second-order valence-electron chi connectivity index (χ2n) is 8.22. The number of likely N-dealkylation sites (N-methyl/N-ethyl adjacent to an activating group) is 1. The summed E-state index contributed by atoms with van der Waals surface area (Å²) in [6, 6.07) is 4.23. The number of ether oxygens (including phenoxy) is 1. The normalized spacial score (nSPS) is 22.0. The van der Waals surface area contributed by atoms with Crippen molar-refractivity contribution in [2.75, 3.05) is 26.7 Å². The van der Waals surface area contributed by atoms with Crippen molar-refractivity contribution in [3.8, 4) is 17.6 Å². The molecular formula is C22H32N2O5S. The Kier molecular flexibility index (Phi) is 7.92. The van der Waals surface area contributed by atoms with Crippen molar-refractivity contribution in [1.29, 1.82) is 0 Å². The van der Waals surface area contributed by atoms with Gasteiger partial charge in [0, 0.05) is 44.0 Å². The van der Waals surface area contributed by atoms with Gasteiger partial charge in [0.1, 0.15) is 16.7 Å². The van der Waals surface area contributed by atoms with Gasteiger partial charge in [0.15, 0.2) is 0 Å². The molecule has 0 radical (unpaired) electrons. The van der Waals surface area contributed by atoms with E-state index < -0.39 is 22.2 Å². The maximum absolute atomic E-state index is 13.4. The highest BCUT2D eigenvalue weighted by atomic mass is 32.2. The molecule has 1 N–H and O–H groups in total. The van der Waals surface area contributed by atoms with Crippen molar-refractivity contribution in [1.82, 2.24) is 9.21 Å². The molecule has 1 heterocycles. The molecule has 2 rings (SSSR count). The quantitative estimate of drug-likeness (QED) is 0.729. The van der Waals surface area contributed by atoms with Crippen LogP contribution in [0, 0.1) is 23.7 Å². The summed E-state index contributed by atoms with van der Waals surface area (Å²) < 4.78 is 34.2. The summed E-state index contributed by atoms with van der Waals surface area (Å²) in [7, 11) is -2.20. The van der Waals surface area contributed by atoms with E-state index in [1.165, 1.54) is 17.3 Å². The molecule has 0 fully saturated rings. The molecule has 1 aliphatic rings. The van der Waals surface area contributed by atoms with Gasteiger partial charge in [-0.3, -0.25) is 4.79 Å². The number of hydrogen-bond acceptors (Lipinski definition) is 5. The Balaban J connectivity index is 2.60. The number of carbonyl (C=O) groups is 1. The average Bonchev–Trinajstić information content (AvgIpc) is 2.68. The van der Waals surface area contributed by atoms with Crippen molar-refractivity contribution in [3.63, 3.8) is 0 Å². The molecule has 0 aliphatic carbocycles. The molecule has 0 spiro atoms. The molecule has 0 saturated carbocycles. The number of benzene rings is 1. The first-order valence-corrected chi connectivity index (χ1v) is 11.6. The first-order valence-electron chi connectivity index (χ1n) is 10.1. The van der Waals surface area contributed by atoms with Gasteiger partial charge >= 0.3 is 0 Å². The van der Waals surface area contributed by atoms with E-state index in [9.17, 15) is 18.3 Å². The molecule has 1 aromatic rings. The number of fused-ring (bicyclic) bond motifs is 1. The molecule has 1 aliphatic heterocycles. The smallest absolute Gasteiger partial charge is 0.247 e. The van der Waals surface area contributed by atoms with Crippen molar-refractivity contribution in [2.24, 2.45) is 11.8 Å². The fraction of sp³-hybridized carbons (Fsp3) is 0.591. The number of sulfonamides is 1. The molecule has 8 heteroatoms. The van der Waals surface area contributed by atoms with Crippen LogP contribution < -0.4 is 4.74 Å². The van der Waals surface area contributed by atoms with E-state index in [1.807, 2.05) is 20.8 Å². The maximum atomic E-state index is 13.4. The Labute approximate surface area is 180 Å². The number of aliphatic hydroxyl groups is 1. The number of carbonyl (C=O) groups excluding carboxylic acids is 1. The van der Waals surface area contributed by atoms with Crippen LogP contribution >= 0.6 is 0 Å². The fourth-order valence-electron chi connectivity index (χ4n) is 3.15. The summed E-state index contributed by atoms with van der Waals surface area (Å²) in [5, 5.41) is 9.66. The van der Waals surface area contributed by atoms with Gasteiger partial charge in [-0.2, -0.15) is 4.31 Å². The highest BCUT2D eigenvalue weighted by Crippen LogP contribution is 2.34. The highest BCUT2D eigenvalue weighted by Gasteiger charge is 2.38. The SMILES string of the molecule is CC(=O)N(C)C[C@H]1Oc2cc(C#CC(C)C)ccc2S(=O)(=O)N([C@@H](C)CO)C[C@@H]1C. The molecule has 30 heavy (non-hydrogen) atoms. The van der Waals surface area contributed by atoms with E-state index >= 15 is 0 Å². The Hall–Kier alpha value is -2.08. The molecular weight excluding hydrogens is 404 g/mol. The van der Waals surface area contributed by atoms with Crippen molar-refractivity contribution in [2.45, 2.75) is 51.7 Å². The van der Waals surface area contributed by atoms with Crippen LogP contribution in [0.25, 0.3) is 0 Å². The summed E-state index contributed by atoms with van der Waals surface area (Å²) in [5.41, 5.74) is 0.659. The Bertz CT molecular complexity index is 933. The minimum absolute atomic E-state index is 0.0419. The third-order valence-electron chi connectivity index (χ3n) is 5.16. The summed E-state index contributed by atoms with van der Waals surface area (Å²) in [6.45, 7) is 9.19. The van der Waals surface area contributed by atoms with E-state index in [-0.39, 0.29) is 41.5 Å². The van der Waals surface area contributed by atoms with Crippen LogP contribution in [0.1, 0.15) is 40.2 Å². The monoisotopic (exact) mass is 436 g/mol. The Morgan fingerprint density at radius 3 is 2.60 bits per heavy atom. The Morgan fingerprint density at radius 1 is 1.37 bits per heavy atom. The standard InChI is InChI=1S/C22H32N2O5S/c1-15(2)7-8-19-9-10-22-20(11-19)29-21(13-23(6)18(5)26)16(3)12-24(17(4)14-25)30(22,27)28/h9-11,15-17,21,25H,12-14H2,1-6H3/t16-,17-,21+/m0/s1. The topological polar surface area (TPSA) is 87.2 Å². The highest BCUT2D eigenvalue weighted by molar-refractivity contribution is 7.89. The molecule has 166 valence electrons. The zero-order valence-corrected chi connectivity index (χ0v) is 19.4. The second-order valence-corrected chi connectivity index (χ2v) is 10.1. The third-order valence-corrected chi connectivity index (χ3v) is 7.18. The van der Waals surface area contributed by atoms with E-state index in [4.69, 9.17) is 4.74 Å². The number of hydrogen-bond donors (Lipinski definition) is 1. The number of rotatable bonds is 4. The first-order chi connectivity index (χ1) is 14.0. The first kappa shape index (κ1) is 24.2. The predicted octanol–water partition coefficient (Wildman–Crippen LogP) is 1.94. The number of amides is 1. The van der Waals surface area contributed by atoms with Gasteiger partial charge < -0.3 is 14.7 Å². The van der Waals surface area contributed by atoms with Crippen LogP contribution in [0.3, 0.4) is 0 Å². The van der Waals surface area contributed by atoms with Gasteiger partial charge in [-0.15, -0.1) is 0 Å². The van der Waals surface area contributed by atoms with Crippen LogP contribution in [-0.2, 0) is 14.8 Å². The van der Waals surface area contributed by atoms with Gasteiger partial charge in [-0.1, -0.05) is 32.6 Å². The lowest BCUT2D eigenvalue weighted by Gasteiger charge is -2.37. The summed E-state index contributed by atoms with van der Waals surface area (Å²) in [4.78, 5) is 13.4. The minimum atomic E-state index is -3.88. The molecule has 0 unspecified atom stereocenters. The van der Waals surface area contributed by atoms with Crippen LogP contribution in [0.2, 0.25) is 0 Å². The third kappa shape index (κ3) is 5.54. The molecule has 0 bridgehead atoms. The minimum Gasteiger partial charge on any atom is -0.487 e. The van der Waals surface area contributed by atoms with Crippen LogP contribution in [0.5, 0.6) is 5.75 Å². The number of nitrogens with zero attached hydrogens (tertiary/aromatic N) is 2. The fourth-order valence-corrected chi connectivity index (χ4v) is 4.97. The zero-order chi connectivity index (χ0) is 22.6. The van der Waals surface area contributed by atoms with Crippen LogP contribution in [-0.4, -0.2) is 67.5 Å². The van der Waals surface area contributed by atoms with Crippen molar-refractivity contribution < 1.29 is 23.1 Å². The molecule has 0 aromatic heterocycles. The number of aliphatic hydroxyl groups excluding tert-OH is 1. The lowest BCUT2D eigenvalue weighted by atomic mass is 10.0. The summed E-state index contributed by atoms with van der Waals surface area (Å²) in [6.07, 6.45) is -0.421. The van der Waals surface area contributed by atoms with Gasteiger partial charge in [0.25, 0.3) is 0 Å². The van der Waals surface area contributed by atoms with E-state index in [2.05, 4.69) is 11.8 Å². The Morgan fingerprint density at radius 2 is 2.03 bits per heavy atom. The van der Waals surface area contributed by atoms with E-state index in [0.717, 1.165) is 0 Å². The lowest BCUT2D eigenvalue weighted by molar-refractivity contribution is -0.129. The summed E-state index contributed by atoms with van der Waals surface area (Å²) >= 11 is 0. The second kappa shape index (κ2) is 9.82. The largest absolute Gasteiger partial charge is 0.487 e. The van der Waals surface area contributed by atoms with Gasteiger partial charge in [0.2, 0.25) is 15.9 Å². The molecule has 1 amide bonds. The zero-order valence-electron chi connectivity index (χ0n) is 18.5. The maximum Gasteiger partial charge on any atom is 0.247 e. The van der Waals surface area contributed by atoms with Crippen molar-refractivity contribution >= 4 is 15.9 Å². The lowest BCUT2D eigenvalue weighted by Crippen LogP contribution is -2.50. The van der Waals surface area contributed by atoms with Crippen LogP contribution in [0.15, 0.2) is 23.1 Å². The molecule has 7 nitrogen and oxygen atoms in total. The predicted molar refractivity (Wildman–Crippen MR) is 115 cm³/mol. The molecule has 3 atom stereocenters. The van der Waals surface area contributed by atoms with Gasteiger partial charge in [-0.25, -0.2) is 8.42 Å².